The van der Waals surface area contributed by atoms with Crippen LogP contribution in [0.2, 0.25) is 5.02 Å². The maximum absolute atomic E-state index is 12.4. The Labute approximate surface area is 148 Å². The first-order valence-corrected chi connectivity index (χ1v) is 8.51. The Morgan fingerprint density at radius 3 is 2.91 bits per heavy atom. The highest BCUT2D eigenvalue weighted by Crippen LogP contribution is 2.29. The van der Waals surface area contributed by atoms with Crippen LogP contribution >= 0.6 is 27.5 Å². The highest BCUT2D eigenvalue weighted by molar-refractivity contribution is 9.10. The lowest BCUT2D eigenvalue weighted by molar-refractivity contribution is -0.139. The molecule has 1 N–H and O–H groups in total. The summed E-state index contributed by atoms with van der Waals surface area (Å²) in [6.07, 6.45) is -0.467. The molecule has 7 heteroatoms. The van der Waals surface area contributed by atoms with Crippen molar-refractivity contribution in [3.63, 3.8) is 0 Å². The number of carbonyl (C=O) groups is 1. The molecule has 1 amide bonds. The average Bonchev–Trinajstić information content (AvgIpc) is 2.50. The first-order valence-electron chi connectivity index (χ1n) is 7.33. The van der Waals surface area contributed by atoms with Crippen LogP contribution in [0.25, 0.3) is 10.9 Å². The van der Waals surface area contributed by atoms with Crippen molar-refractivity contribution in [2.45, 2.75) is 19.1 Å². The quantitative estimate of drug-likeness (QED) is 0.843. The fraction of sp³-hybridized carbons (Fsp3) is 0.375. The number of ether oxygens (including phenoxy) is 1. The van der Waals surface area contributed by atoms with Gasteiger partial charge >= 0.3 is 0 Å². The first-order chi connectivity index (χ1) is 10.9. The number of hydrogen-bond acceptors (Lipinski definition) is 4. The minimum atomic E-state index is -0.496. The van der Waals surface area contributed by atoms with Crippen molar-refractivity contribution in [2.75, 3.05) is 25.5 Å². The summed E-state index contributed by atoms with van der Waals surface area (Å²) in [6.45, 7) is 3.35. The maximum atomic E-state index is 12.4. The summed E-state index contributed by atoms with van der Waals surface area (Å²) in [7, 11) is 1.98. The van der Waals surface area contributed by atoms with Crippen LogP contribution in [-0.2, 0) is 9.53 Å². The van der Waals surface area contributed by atoms with Gasteiger partial charge in [-0.2, -0.15) is 0 Å². The van der Waals surface area contributed by atoms with E-state index in [1.54, 1.807) is 12.1 Å². The van der Waals surface area contributed by atoms with E-state index in [1.165, 1.54) is 0 Å². The Morgan fingerprint density at radius 1 is 1.39 bits per heavy atom. The third-order valence-corrected chi connectivity index (χ3v) is 4.71. The van der Waals surface area contributed by atoms with E-state index < -0.39 is 6.10 Å². The second-order valence-corrected chi connectivity index (χ2v) is 7.03. The largest absolute Gasteiger partial charge is 0.363 e. The van der Waals surface area contributed by atoms with Crippen LogP contribution in [0.15, 0.2) is 28.7 Å². The molecule has 23 heavy (non-hydrogen) atoms. The number of nitrogens with zero attached hydrogens (tertiary/aromatic N) is 2. The molecule has 0 saturated carbocycles. The number of halogens is 2. The Kier molecular flexibility index (Phi) is 4.87. The molecule has 1 saturated heterocycles. The molecule has 1 aliphatic rings. The average molecular weight is 399 g/mol. The van der Waals surface area contributed by atoms with E-state index in [-0.39, 0.29) is 12.0 Å². The van der Waals surface area contributed by atoms with Gasteiger partial charge in [0.25, 0.3) is 5.91 Å². The maximum Gasteiger partial charge on any atom is 0.256 e. The summed E-state index contributed by atoms with van der Waals surface area (Å²) in [6, 6.07) is 7.24. The van der Waals surface area contributed by atoms with E-state index in [0.717, 1.165) is 16.4 Å². The van der Waals surface area contributed by atoms with E-state index in [0.29, 0.717) is 22.9 Å². The van der Waals surface area contributed by atoms with Gasteiger partial charge in [0, 0.05) is 22.9 Å². The topological polar surface area (TPSA) is 54.5 Å². The zero-order valence-corrected chi connectivity index (χ0v) is 15.2. The van der Waals surface area contributed by atoms with E-state index in [4.69, 9.17) is 16.3 Å². The lowest BCUT2D eigenvalue weighted by atomic mass is 10.2. The molecule has 2 heterocycles. The smallest absolute Gasteiger partial charge is 0.256 e. The Bertz CT molecular complexity index is 745. The highest BCUT2D eigenvalue weighted by Gasteiger charge is 2.28. The van der Waals surface area contributed by atoms with Gasteiger partial charge in [0.15, 0.2) is 0 Å². The molecule has 1 fully saturated rings. The molecular weight excluding hydrogens is 382 g/mol. The SMILES string of the molecule is C[C@@H]1CN(C)C[C@H](C(=O)Nc2ccc3c(Cl)ccc(Br)c3n2)O1. The lowest BCUT2D eigenvalue weighted by Crippen LogP contribution is -2.49. The zero-order chi connectivity index (χ0) is 16.6. The van der Waals surface area contributed by atoms with Crippen molar-refractivity contribution in [3.05, 3.63) is 33.8 Å². The van der Waals surface area contributed by atoms with Crippen LogP contribution in [-0.4, -0.2) is 48.1 Å². The molecule has 5 nitrogen and oxygen atoms in total. The van der Waals surface area contributed by atoms with Gasteiger partial charge < -0.3 is 15.0 Å². The Morgan fingerprint density at radius 2 is 2.17 bits per heavy atom. The number of anilines is 1. The summed E-state index contributed by atoms with van der Waals surface area (Å²) < 4.78 is 6.54. The number of fused-ring (bicyclic) bond motifs is 1. The minimum absolute atomic E-state index is 0.0296. The highest BCUT2D eigenvalue weighted by atomic mass is 79.9. The molecule has 2 aromatic rings. The predicted molar refractivity (Wildman–Crippen MR) is 94.9 cm³/mol. The van der Waals surface area contributed by atoms with E-state index in [9.17, 15) is 4.79 Å². The molecule has 0 unspecified atom stereocenters. The third-order valence-electron chi connectivity index (χ3n) is 3.74. The van der Waals surface area contributed by atoms with Gasteiger partial charge in [0.1, 0.15) is 11.9 Å². The fourth-order valence-electron chi connectivity index (χ4n) is 2.73. The second-order valence-electron chi connectivity index (χ2n) is 5.77. The summed E-state index contributed by atoms with van der Waals surface area (Å²) in [5.74, 6) is 0.295. The summed E-state index contributed by atoms with van der Waals surface area (Å²) >= 11 is 9.63. The van der Waals surface area contributed by atoms with Gasteiger partial charge in [0.2, 0.25) is 0 Å². The minimum Gasteiger partial charge on any atom is -0.363 e. The molecule has 2 atom stereocenters. The van der Waals surface area contributed by atoms with Gasteiger partial charge in [-0.1, -0.05) is 11.6 Å². The van der Waals surface area contributed by atoms with Crippen molar-refractivity contribution >= 4 is 50.2 Å². The van der Waals surface area contributed by atoms with Crippen molar-refractivity contribution in [1.82, 2.24) is 9.88 Å². The van der Waals surface area contributed by atoms with E-state index >= 15 is 0 Å². The predicted octanol–water partition coefficient (Wildman–Crippen LogP) is 3.31. The van der Waals surface area contributed by atoms with Gasteiger partial charge in [-0.3, -0.25) is 4.79 Å². The van der Waals surface area contributed by atoms with Gasteiger partial charge in [0.05, 0.1) is 16.6 Å². The second kappa shape index (κ2) is 6.73. The number of nitrogens with one attached hydrogen (secondary N) is 1. The Hall–Kier alpha value is -1.21. The van der Waals surface area contributed by atoms with Crippen LogP contribution in [0, 0.1) is 0 Å². The number of carbonyl (C=O) groups excluding carboxylic acids is 1. The first kappa shape index (κ1) is 16.6. The normalized spacial score (nSPS) is 22.3. The van der Waals surface area contributed by atoms with Crippen LogP contribution < -0.4 is 5.32 Å². The van der Waals surface area contributed by atoms with Gasteiger partial charge in [-0.15, -0.1) is 0 Å². The van der Waals surface area contributed by atoms with Gasteiger partial charge in [-0.05, 0) is 54.2 Å². The molecule has 3 rings (SSSR count). The third kappa shape index (κ3) is 3.66. The van der Waals surface area contributed by atoms with Crippen LogP contribution in [0.1, 0.15) is 6.92 Å². The zero-order valence-electron chi connectivity index (χ0n) is 12.8. The molecule has 122 valence electrons. The summed E-state index contributed by atoms with van der Waals surface area (Å²) in [5.41, 5.74) is 0.713. The molecule has 1 aromatic carbocycles. The molecule has 1 aromatic heterocycles. The lowest BCUT2D eigenvalue weighted by Gasteiger charge is -2.33. The molecule has 0 spiro atoms. The van der Waals surface area contributed by atoms with Crippen LogP contribution in [0.4, 0.5) is 5.82 Å². The molecular formula is C16H17BrClN3O2. The summed E-state index contributed by atoms with van der Waals surface area (Å²) in [4.78, 5) is 19.0. The number of aromatic nitrogens is 1. The van der Waals surface area contributed by atoms with Crippen LogP contribution in [0.5, 0.6) is 0 Å². The number of benzene rings is 1. The Balaban J connectivity index is 1.81. The number of rotatable bonds is 2. The summed E-state index contributed by atoms with van der Waals surface area (Å²) in [5, 5.41) is 4.29. The molecule has 0 bridgehead atoms. The number of hydrogen-bond donors (Lipinski definition) is 1. The van der Waals surface area contributed by atoms with E-state index in [1.807, 2.05) is 26.1 Å². The number of morpholine rings is 1. The number of pyridine rings is 1. The van der Waals surface area contributed by atoms with Gasteiger partial charge in [-0.25, -0.2) is 4.98 Å². The van der Waals surface area contributed by atoms with Crippen molar-refractivity contribution in [3.8, 4) is 0 Å². The molecule has 0 aliphatic carbocycles. The number of amides is 1. The number of likely N-dealkylation sites (N-methyl/N-ethyl adjacent to an activating group) is 1. The van der Waals surface area contributed by atoms with Crippen molar-refractivity contribution in [1.29, 1.82) is 0 Å². The molecule has 0 radical (unpaired) electrons. The van der Waals surface area contributed by atoms with Crippen molar-refractivity contribution < 1.29 is 9.53 Å². The van der Waals surface area contributed by atoms with Crippen molar-refractivity contribution in [2.24, 2.45) is 0 Å². The monoisotopic (exact) mass is 397 g/mol. The fourth-order valence-corrected chi connectivity index (χ4v) is 3.38. The van der Waals surface area contributed by atoms with Crippen LogP contribution in [0.3, 0.4) is 0 Å². The standard InChI is InChI=1S/C16H17BrClN3O2/c1-9-7-21(2)8-13(23-9)16(22)20-14-6-3-10-12(18)5-4-11(17)15(10)19-14/h3-6,9,13H,7-8H2,1-2H3,(H,19,20,22)/t9-,13-/m1/s1. The molecule has 1 aliphatic heterocycles. The van der Waals surface area contributed by atoms with E-state index in [2.05, 4.69) is 31.1 Å².